The van der Waals surface area contributed by atoms with Crippen molar-refractivity contribution in [3.05, 3.63) is 0 Å². The molecule has 2 fully saturated rings. The molecule has 0 aromatic carbocycles. The zero-order valence-corrected chi connectivity index (χ0v) is 22.9. The van der Waals surface area contributed by atoms with Crippen molar-refractivity contribution < 1.29 is 4.74 Å². The van der Waals surface area contributed by atoms with Gasteiger partial charge in [0.15, 0.2) is 5.96 Å². The van der Waals surface area contributed by atoms with Crippen molar-refractivity contribution in [2.24, 2.45) is 10.9 Å². The summed E-state index contributed by atoms with van der Waals surface area (Å²) >= 11 is 0. The van der Waals surface area contributed by atoms with Crippen LogP contribution in [0.25, 0.3) is 0 Å². The highest BCUT2D eigenvalue weighted by Gasteiger charge is 2.26. The maximum Gasteiger partial charge on any atom is 0.191 e. The van der Waals surface area contributed by atoms with Gasteiger partial charge in [0.05, 0.1) is 19.8 Å². The summed E-state index contributed by atoms with van der Waals surface area (Å²) in [6, 6.07) is 0.508. The Kier molecular flexibility index (Phi) is 16.1. The van der Waals surface area contributed by atoms with Crippen LogP contribution in [0.2, 0.25) is 0 Å². The van der Waals surface area contributed by atoms with Crippen LogP contribution in [0.4, 0.5) is 0 Å². The lowest BCUT2D eigenvalue weighted by atomic mass is 9.92. The molecular weight excluding hydrogens is 503 g/mol. The van der Waals surface area contributed by atoms with Gasteiger partial charge in [0.25, 0.3) is 0 Å². The summed E-state index contributed by atoms with van der Waals surface area (Å²) in [5.74, 6) is 1.66. The quantitative estimate of drug-likeness (QED) is 0.178. The molecule has 2 heterocycles. The van der Waals surface area contributed by atoms with Crippen LogP contribution in [0.15, 0.2) is 4.99 Å². The lowest BCUT2D eigenvalue weighted by Gasteiger charge is -2.38. The Morgan fingerprint density at radius 2 is 1.71 bits per heavy atom. The fraction of sp³-hybridized carbons (Fsp3) is 0.957. The lowest BCUT2D eigenvalue weighted by Crippen LogP contribution is -2.49. The number of aliphatic imine (C=N–C) groups is 1. The number of hydrogen-bond donors (Lipinski definition) is 2. The minimum atomic E-state index is 0. The average molecular weight is 553 g/mol. The number of nitrogens with zero attached hydrogens (tertiary/aromatic N) is 4. The summed E-state index contributed by atoms with van der Waals surface area (Å²) in [5, 5.41) is 7.02. The SMILES string of the molecule is CCNC(=NCC(C(CC)CC)N1CCOCC1)NCCCN1CCCN(C)CC1.I. The highest BCUT2D eigenvalue weighted by atomic mass is 127. The Labute approximate surface area is 208 Å². The minimum absolute atomic E-state index is 0. The van der Waals surface area contributed by atoms with Crippen LogP contribution < -0.4 is 10.6 Å². The van der Waals surface area contributed by atoms with E-state index in [-0.39, 0.29) is 24.0 Å². The van der Waals surface area contributed by atoms with E-state index in [1.165, 1.54) is 52.0 Å². The zero-order chi connectivity index (χ0) is 21.6. The second-order valence-electron chi connectivity index (χ2n) is 8.79. The molecule has 1 atom stereocenters. The van der Waals surface area contributed by atoms with Gasteiger partial charge in [-0.2, -0.15) is 0 Å². The van der Waals surface area contributed by atoms with E-state index in [9.17, 15) is 0 Å². The molecule has 2 N–H and O–H groups in total. The molecule has 0 radical (unpaired) electrons. The molecule has 2 saturated heterocycles. The van der Waals surface area contributed by atoms with Gasteiger partial charge in [0, 0.05) is 45.3 Å². The molecule has 2 aliphatic rings. The van der Waals surface area contributed by atoms with Crippen LogP contribution in [0, 0.1) is 5.92 Å². The molecule has 0 aromatic heterocycles. The third kappa shape index (κ3) is 11.0. The summed E-state index contributed by atoms with van der Waals surface area (Å²) in [7, 11) is 2.23. The Bertz CT molecular complexity index is 471. The number of likely N-dealkylation sites (N-methyl/N-ethyl adjacent to an activating group) is 1. The van der Waals surface area contributed by atoms with E-state index in [0.717, 1.165) is 58.3 Å². The van der Waals surface area contributed by atoms with E-state index >= 15 is 0 Å². The first-order valence-corrected chi connectivity index (χ1v) is 12.4. The smallest absolute Gasteiger partial charge is 0.191 e. The topological polar surface area (TPSA) is 55.4 Å². The number of ether oxygens (including phenoxy) is 1. The first kappa shape index (κ1) is 28.9. The van der Waals surface area contributed by atoms with Crippen LogP contribution in [-0.2, 0) is 4.74 Å². The molecule has 2 rings (SSSR count). The summed E-state index contributed by atoms with van der Waals surface area (Å²) in [4.78, 5) is 12.7. The van der Waals surface area contributed by atoms with E-state index in [1.54, 1.807) is 0 Å². The number of morpholine rings is 1. The van der Waals surface area contributed by atoms with Gasteiger partial charge in [0.1, 0.15) is 0 Å². The maximum atomic E-state index is 5.58. The van der Waals surface area contributed by atoms with E-state index in [2.05, 4.69) is 53.2 Å². The molecular formula is C23H49IN6O. The molecule has 0 bridgehead atoms. The third-order valence-electron chi connectivity index (χ3n) is 6.64. The highest BCUT2D eigenvalue weighted by Crippen LogP contribution is 2.20. The van der Waals surface area contributed by atoms with Crippen LogP contribution in [0.3, 0.4) is 0 Å². The number of halogens is 1. The van der Waals surface area contributed by atoms with Crippen molar-refractivity contribution in [2.75, 3.05) is 85.7 Å². The van der Waals surface area contributed by atoms with Crippen molar-refractivity contribution in [3.63, 3.8) is 0 Å². The number of hydrogen-bond acceptors (Lipinski definition) is 5. The second kappa shape index (κ2) is 17.3. The van der Waals surface area contributed by atoms with E-state index < -0.39 is 0 Å². The van der Waals surface area contributed by atoms with Crippen LogP contribution in [0.1, 0.15) is 46.5 Å². The van der Waals surface area contributed by atoms with Crippen molar-refractivity contribution in [1.82, 2.24) is 25.3 Å². The van der Waals surface area contributed by atoms with Gasteiger partial charge in [-0.1, -0.05) is 26.7 Å². The van der Waals surface area contributed by atoms with Gasteiger partial charge in [-0.25, -0.2) is 0 Å². The predicted molar refractivity (Wildman–Crippen MR) is 143 cm³/mol. The normalized spacial score (nSPS) is 20.9. The fourth-order valence-corrected chi connectivity index (χ4v) is 4.66. The average Bonchev–Trinajstić information content (AvgIpc) is 2.98. The number of guanidine groups is 1. The van der Waals surface area contributed by atoms with Crippen molar-refractivity contribution >= 4 is 29.9 Å². The minimum Gasteiger partial charge on any atom is -0.379 e. The first-order valence-electron chi connectivity index (χ1n) is 12.4. The molecule has 0 spiro atoms. The van der Waals surface area contributed by atoms with Gasteiger partial charge in [-0.05, 0) is 52.4 Å². The first-order chi connectivity index (χ1) is 14.7. The Morgan fingerprint density at radius 1 is 0.968 bits per heavy atom. The molecule has 31 heavy (non-hydrogen) atoms. The Morgan fingerprint density at radius 3 is 2.39 bits per heavy atom. The summed E-state index contributed by atoms with van der Waals surface area (Å²) in [6.07, 6.45) is 4.87. The van der Waals surface area contributed by atoms with Crippen LogP contribution in [-0.4, -0.2) is 112 Å². The highest BCUT2D eigenvalue weighted by molar-refractivity contribution is 14.0. The Hall–Kier alpha value is -0.160. The second-order valence-corrected chi connectivity index (χ2v) is 8.79. The molecule has 0 amide bonds. The van der Waals surface area contributed by atoms with Gasteiger partial charge in [-0.15, -0.1) is 24.0 Å². The molecule has 0 aliphatic carbocycles. The Balaban J connectivity index is 0.00000480. The molecule has 184 valence electrons. The summed E-state index contributed by atoms with van der Waals surface area (Å²) in [6.45, 7) is 19.3. The number of rotatable bonds is 11. The molecule has 2 aliphatic heterocycles. The zero-order valence-electron chi connectivity index (χ0n) is 20.6. The standard InChI is InChI=1S/C23H48N6O.HI/c1-5-21(6-2)22(29-16-18-30-19-17-29)20-26-23(24-7-3)25-10-8-12-28-13-9-11-27(4)14-15-28;/h21-22H,5-20H2,1-4H3,(H2,24,25,26);1H. The summed E-state index contributed by atoms with van der Waals surface area (Å²) < 4.78 is 5.58. The third-order valence-corrected chi connectivity index (χ3v) is 6.64. The number of nitrogens with one attached hydrogen (secondary N) is 2. The van der Waals surface area contributed by atoms with Gasteiger partial charge < -0.3 is 25.2 Å². The predicted octanol–water partition coefficient (Wildman–Crippen LogP) is 2.32. The molecule has 1 unspecified atom stereocenters. The van der Waals surface area contributed by atoms with E-state index in [1.807, 2.05) is 0 Å². The summed E-state index contributed by atoms with van der Waals surface area (Å²) in [5.41, 5.74) is 0. The monoisotopic (exact) mass is 552 g/mol. The van der Waals surface area contributed by atoms with Crippen molar-refractivity contribution in [2.45, 2.75) is 52.5 Å². The lowest BCUT2D eigenvalue weighted by molar-refractivity contribution is 0.00395. The van der Waals surface area contributed by atoms with Gasteiger partial charge in [0.2, 0.25) is 0 Å². The van der Waals surface area contributed by atoms with E-state index in [4.69, 9.17) is 9.73 Å². The van der Waals surface area contributed by atoms with Gasteiger partial charge >= 0.3 is 0 Å². The molecule has 7 nitrogen and oxygen atoms in total. The van der Waals surface area contributed by atoms with Crippen molar-refractivity contribution in [1.29, 1.82) is 0 Å². The molecule has 0 saturated carbocycles. The molecule has 0 aromatic rings. The van der Waals surface area contributed by atoms with E-state index in [0.29, 0.717) is 12.0 Å². The maximum absolute atomic E-state index is 5.58. The van der Waals surface area contributed by atoms with Crippen molar-refractivity contribution in [3.8, 4) is 0 Å². The fourth-order valence-electron chi connectivity index (χ4n) is 4.66. The van der Waals surface area contributed by atoms with Crippen LogP contribution >= 0.6 is 24.0 Å². The largest absolute Gasteiger partial charge is 0.379 e. The van der Waals surface area contributed by atoms with Gasteiger partial charge in [-0.3, -0.25) is 9.89 Å². The van der Waals surface area contributed by atoms with Crippen LogP contribution in [0.5, 0.6) is 0 Å². The molecule has 8 heteroatoms.